The summed E-state index contributed by atoms with van der Waals surface area (Å²) in [6.07, 6.45) is -3.55. The van der Waals surface area contributed by atoms with Crippen LogP contribution < -0.4 is 0 Å². The molecule has 122 valence electrons. The smallest absolute Gasteiger partial charge is 0.391 e. The first kappa shape index (κ1) is 17.8. The van der Waals surface area contributed by atoms with Crippen molar-refractivity contribution in [1.29, 1.82) is 0 Å². The van der Waals surface area contributed by atoms with Gasteiger partial charge in [0.15, 0.2) is 0 Å². The molecule has 1 aliphatic carbocycles. The van der Waals surface area contributed by atoms with Gasteiger partial charge in [0.1, 0.15) is 6.54 Å². The summed E-state index contributed by atoms with van der Waals surface area (Å²) in [5.41, 5.74) is 0. The zero-order valence-corrected chi connectivity index (χ0v) is 12.6. The van der Waals surface area contributed by atoms with E-state index in [4.69, 9.17) is 0 Å². The fourth-order valence-corrected chi connectivity index (χ4v) is 2.66. The van der Waals surface area contributed by atoms with Gasteiger partial charge in [-0.25, -0.2) is 0 Å². The first-order chi connectivity index (χ1) is 9.66. The van der Waals surface area contributed by atoms with E-state index in [0.717, 1.165) is 0 Å². The van der Waals surface area contributed by atoms with Gasteiger partial charge in [-0.1, -0.05) is 6.42 Å². The molecule has 0 heterocycles. The van der Waals surface area contributed by atoms with Crippen LogP contribution in [0.4, 0.5) is 13.2 Å². The molecule has 0 aliphatic heterocycles. The van der Waals surface area contributed by atoms with Crippen molar-refractivity contribution in [2.45, 2.75) is 51.7 Å². The standard InChI is InChI=1S/C14H22F3NO3/c1-9(2)18(8-12(19)21-3)13(20)10-5-4-6-11(7-10)14(15,16)17/h9-11H,4-8H2,1-3H3. The number of halogens is 3. The SMILES string of the molecule is COC(=O)CN(C(=O)C1CCCC(C(F)(F)F)C1)C(C)C. The number of ether oxygens (including phenoxy) is 1. The van der Waals surface area contributed by atoms with Gasteiger partial charge in [0.2, 0.25) is 5.91 Å². The zero-order chi connectivity index (χ0) is 16.2. The summed E-state index contributed by atoms with van der Waals surface area (Å²) in [7, 11) is 1.21. The molecule has 1 saturated carbocycles. The quantitative estimate of drug-likeness (QED) is 0.750. The maximum atomic E-state index is 12.8. The zero-order valence-electron chi connectivity index (χ0n) is 12.6. The second-order valence-electron chi connectivity index (χ2n) is 5.74. The van der Waals surface area contributed by atoms with E-state index in [-0.39, 0.29) is 31.3 Å². The van der Waals surface area contributed by atoms with Crippen LogP contribution in [-0.4, -0.2) is 42.6 Å². The van der Waals surface area contributed by atoms with Crippen LogP contribution in [0.5, 0.6) is 0 Å². The molecule has 21 heavy (non-hydrogen) atoms. The number of nitrogens with zero attached hydrogens (tertiary/aromatic N) is 1. The number of hydrogen-bond acceptors (Lipinski definition) is 3. The predicted octanol–water partition coefficient (Wildman–Crippen LogP) is 2.77. The number of hydrogen-bond donors (Lipinski definition) is 0. The van der Waals surface area contributed by atoms with Crippen molar-refractivity contribution in [3.8, 4) is 0 Å². The highest BCUT2D eigenvalue weighted by atomic mass is 19.4. The summed E-state index contributed by atoms with van der Waals surface area (Å²) in [4.78, 5) is 25.1. The topological polar surface area (TPSA) is 46.6 Å². The number of rotatable bonds is 4. The lowest BCUT2D eigenvalue weighted by atomic mass is 9.80. The molecule has 7 heteroatoms. The van der Waals surface area contributed by atoms with Gasteiger partial charge in [-0.05, 0) is 33.1 Å². The fraction of sp³-hybridized carbons (Fsp3) is 0.857. The van der Waals surface area contributed by atoms with Crippen LogP contribution in [0.1, 0.15) is 39.5 Å². The van der Waals surface area contributed by atoms with E-state index in [2.05, 4.69) is 4.74 Å². The Morgan fingerprint density at radius 1 is 1.29 bits per heavy atom. The first-order valence-electron chi connectivity index (χ1n) is 7.10. The van der Waals surface area contributed by atoms with Crippen molar-refractivity contribution in [2.24, 2.45) is 11.8 Å². The van der Waals surface area contributed by atoms with E-state index in [9.17, 15) is 22.8 Å². The molecule has 1 fully saturated rings. The highest BCUT2D eigenvalue weighted by molar-refractivity contribution is 5.84. The molecule has 1 amide bonds. The van der Waals surface area contributed by atoms with Crippen LogP contribution >= 0.6 is 0 Å². The molecule has 0 radical (unpaired) electrons. The Bertz CT molecular complexity index is 382. The Labute approximate surface area is 122 Å². The van der Waals surface area contributed by atoms with Crippen molar-refractivity contribution in [3.63, 3.8) is 0 Å². The van der Waals surface area contributed by atoms with E-state index >= 15 is 0 Å². The number of alkyl halides is 3. The minimum atomic E-state index is -4.26. The second kappa shape index (κ2) is 7.13. The number of amides is 1. The van der Waals surface area contributed by atoms with Crippen LogP contribution in [0.25, 0.3) is 0 Å². The van der Waals surface area contributed by atoms with Gasteiger partial charge >= 0.3 is 12.1 Å². The summed E-state index contributed by atoms with van der Waals surface area (Å²) in [5.74, 6) is -3.05. The lowest BCUT2D eigenvalue weighted by molar-refractivity contribution is -0.187. The van der Waals surface area contributed by atoms with Crippen LogP contribution in [-0.2, 0) is 14.3 Å². The molecule has 2 atom stereocenters. The number of esters is 1. The van der Waals surface area contributed by atoms with Crippen molar-refractivity contribution in [3.05, 3.63) is 0 Å². The van der Waals surface area contributed by atoms with Crippen molar-refractivity contribution in [2.75, 3.05) is 13.7 Å². The number of carbonyl (C=O) groups is 2. The summed E-state index contributed by atoms with van der Waals surface area (Å²) in [6.45, 7) is 3.23. The molecule has 0 aromatic carbocycles. The third-order valence-corrected chi connectivity index (χ3v) is 3.92. The second-order valence-corrected chi connectivity index (χ2v) is 5.74. The molecule has 2 unspecified atom stereocenters. The molecular weight excluding hydrogens is 287 g/mol. The molecule has 0 saturated heterocycles. The van der Waals surface area contributed by atoms with Gasteiger partial charge in [-0.15, -0.1) is 0 Å². The van der Waals surface area contributed by atoms with E-state index in [0.29, 0.717) is 12.8 Å². The van der Waals surface area contributed by atoms with Gasteiger partial charge in [0.05, 0.1) is 13.0 Å². The number of methoxy groups -OCH3 is 1. The summed E-state index contributed by atoms with van der Waals surface area (Å²) >= 11 is 0. The Morgan fingerprint density at radius 2 is 1.90 bits per heavy atom. The third-order valence-electron chi connectivity index (χ3n) is 3.92. The van der Waals surface area contributed by atoms with Crippen molar-refractivity contribution >= 4 is 11.9 Å². The van der Waals surface area contributed by atoms with Crippen molar-refractivity contribution in [1.82, 2.24) is 4.90 Å². The monoisotopic (exact) mass is 309 g/mol. The molecule has 0 bridgehead atoms. The van der Waals surface area contributed by atoms with Gasteiger partial charge < -0.3 is 9.64 Å². The van der Waals surface area contributed by atoms with Crippen molar-refractivity contribution < 1.29 is 27.5 Å². The molecular formula is C14H22F3NO3. The Hall–Kier alpha value is -1.27. The van der Waals surface area contributed by atoms with Gasteiger partial charge in [0.25, 0.3) is 0 Å². The van der Waals surface area contributed by atoms with Crippen LogP contribution in [0.15, 0.2) is 0 Å². The molecule has 1 aliphatic rings. The average Bonchev–Trinajstić information content (AvgIpc) is 2.42. The van der Waals surface area contributed by atoms with Gasteiger partial charge in [-0.3, -0.25) is 9.59 Å². The van der Waals surface area contributed by atoms with Gasteiger partial charge in [-0.2, -0.15) is 13.2 Å². The molecule has 0 aromatic rings. The summed E-state index contributed by atoms with van der Waals surface area (Å²) in [6, 6.07) is -0.261. The van der Waals surface area contributed by atoms with Crippen LogP contribution in [0, 0.1) is 11.8 Å². The average molecular weight is 309 g/mol. The summed E-state index contributed by atoms with van der Waals surface area (Å²) < 4.78 is 42.9. The molecule has 0 aromatic heterocycles. The van der Waals surface area contributed by atoms with E-state index < -0.39 is 24.0 Å². The lowest BCUT2D eigenvalue weighted by Gasteiger charge is -2.34. The molecule has 4 nitrogen and oxygen atoms in total. The predicted molar refractivity (Wildman–Crippen MR) is 70.4 cm³/mol. The highest BCUT2D eigenvalue weighted by Crippen LogP contribution is 2.40. The summed E-state index contributed by atoms with van der Waals surface area (Å²) in [5, 5.41) is 0. The molecule has 0 spiro atoms. The van der Waals surface area contributed by atoms with E-state index in [1.807, 2.05) is 0 Å². The van der Waals surface area contributed by atoms with E-state index in [1.54, 1.807) is 13.8 Å². The molecule has 1 rings (SSSR count). The Kier molecular flexibility index (Phi) is 6.04. The minimum absolute atomic E-state index is 0.0754. The fourth-order valence-electron chi connectivity index (χ4n) is 2.66. The normalized spacial score (nSPS) is 23.0. The third kappa shape index (κ3) is 4.89. The minimum Gasteiger partial charge on any atom is -0.468 e. The van der Waals surface area contributed by atoms with Crippen LogP contribution in [0.2, 0.25) is 0 Å². The highest BCUT2D eigenvalue weighted by Gasteiger charge is 2.44. The maximum Gasteiger partial charge on any atom is 0.391 e. The Morgan fingerprint density at radius 3 is 2.38 bits per heavy atom. The Balaban J connectivity index is 2.76. The van der Waals surface area contributed by atoms with E-state index in [1.165, 1.54) is 12.0 Å². The largest absolute Gasteiger partial charge is 0.468 e. The maximum absolute atomic E-state index is 12.8. The lowest BCUT2D eigenvalue weighted by Crippen LogP contribution is -2.46. The van der Waals surface area contributed by atoms with Gasteiger partial charge in [0, 0.05) is 12.0 Å². The van der Waals surface area contributed by atoms with Crippen LogP contribution in [0.3, 0.4) is 0 Å². The first-order valence-corrected chi connectivity index (χ1v) is 7.10. The number of carbonyl (C=O) groups excluding carboxylic acids is 2. The molecule has 0 N–H and O–H groups in total.